The van der Waals surface area contributed by atoms with Crippen molar-refractivity contribution in [3.8, 4) is 0 Å². The Labute approximate surface area is 167 Å². The van der Waals surface area contributed by atoms with Gasteiger partial charge < -0.3 is 14.8 Å². The molecule has 1 aromatic carbocycles. The number of nitrogens with one attached hydrogen (secondary N) is 1. The Hall–Kier alpha value is -2.67. The summed E-state index contributed by atoms with van der Waals surface area (Å²) in [5, 5.41) is 11.2. The Bertz CT molecular complexity index is 777. The predicted molar refractivity (Wildman–Crippen MR) is 111 cm³/mol. The Kier molecular flexibility index (Phi) is 6.81. The maximum absolute atomic E-state index is 12.6. The molecule has 0 spiro atoms. The summed E-state index contributed by atoms with van der Waals surface area (Å²) < 4.78 is 1.99. The Balaban J connectivity index is 1.44. The fraction of sp³-hybridized carbons (Fsp3) is 0.476. The van der Waals surface area contributed by atoms with Crippen molar-refractivity contribution in [1.29, 1.82) is 0 Å². The molecule has 2 amide bonds. The van der Waals surface area contributed by atoms with Gasteiger partial charge in [0.25, 0.3) is 0 Å². The van der Waals surface area contributed by atoms with Crippen LogP contribution in [0, 0.1) is 0 Å². The molecule has 0 bridgehead atoms. The molecule has 0 aliphatic carbocycles. The van der Waals surface area contributed by atoms with Gasteiger partial charge in [0, 0.05) is 38.8 Å². The number of hydrogen-bond donors (Lipinski definition) is 1. The third kappa shape index (κ3) is 5.19. The zero-order valence-electron chi connectivity index (χ0n) is 17.0. The van der Waals surface area contributed by atoms with Gasteiger partial charge in [-0.25, -0.2) is 4.79 Å². The van der Waals surface area contributed by atoms with Crippen LogP contribution < -0.4 is 5.32 Å². The zero-order chi connectivity index (χ0) is 19.9. The monoisotopic (exact) mass is 382 g/mol. The van der Waals surface area contributed by atoms with Gasteiger partial charge in [0.05, 0.1) is 6.04 Å². The van der Waals surface area contributed by atoms with Crippen LogP contribution in [-0.4, -0.2) is 63.3 Å². The lowest BCUT2D eigenvalue weighted by atomic mass is 10.2. The van der Waals surface area contributed by atoms with Gasteiger partial charge in [-0.2, -0.15) is 0 Å². The van der Waals surface area contributed by atoms with Gasteiger partial charge in [0.15, 0.2) is 5.82 Å². The molecule has 2 aromatic rings. The van der Waals surface area contributed by atoms with Crippen molar-refractivity contribution >= 4 is 12.1 Å². The molecule has 1 aliphatic heterocycles. The van der Waals surface area contributed by atoms with Crippen LogP contribution in [0.25, 0.3) is 6.08 Å². The molecule has 1 aromatic heterocycles. The van der Waals surface area contributed by atoms with Crippen molar-refractivity contribution < 1.29 is 4.79 Å². The van der Waals surface area contributed by atoms with E-state index in [-0.39, 0.29) is 18.1 Å². The van der Waals surface area contributed by atoms with Crippen LogP contribution in [0.15, 0.2) is 42.7 Å². The van der Waals surface area contributed by atoms with E-state index in [2.05, 4.69) is 58.5 Å². The van der Waals surface area contributed by atoms with E-state index in [1.807, 2.05) is 34.6 Å². The highest BCUT2D eigenvalue weighted by molar-refractivity contribution is 5.74. The first-order valence-corrected chi connectivity index (χ1v) is 9.93. The minimum Gasteiger partial charge on any atom is -0.328 e. The van der Waals surface area contributed by atoms with Gasteiger partial charge in [-0.05, 0) is 26.3 Å². The third-order valence-corrected chi connectivity index (χ3v) is 5.02. The summed E-state index contributed by atoms with van der Waals surface area (Å²) in [5.74, 6) is 0.785. The zero-order valence-corrected chi connectivity index (χ0v) is 17.0. The third-order valence-electron chi connectivity index (χ3n) is 5.02. The molecule has 7 heteroatoms. The van der Waals surface area contributed by atoms with Gasteiger partial charge in [0.2, 0.25) is 0 Å². The summed E-state index contributed by atoms with van der Waals surface area (Å²) in [4.78, 5) is 16.9. The first-order valence-electron chi connectivity index (χ1n) is 9.93. The molecule has 0 radical (unpaired) electrons. The number of nitrogens with zero attached hydrogens (tertiary/aromatic N) is 5. The average Bonchev–Trinajstić information content (AvgIpc) is 3.20. The average molecular weight is 383 g/mol. The molecule has 28 heavy (non-hydrogen) atoms. The molecule has 0 saturated carbocycles. The van der Waals surface area contributed by atoms with Crippen molar-refractivity contribution in [2.24, 2.45) is 0 Å². The van der Waals surface area contributed by atoms with E-state index >= 15 is 0 Å². The highest BCUT2D eigenvalue weighted by atomic mass is 16.2. The molecular weight excluding hydrogens is 352 g/mol. The number of carbonyl (C=O) groups excluding carboxylic acids is 1. The van der Waals surface area contributed by atoms with Crippen molar-refractivity contribution in [1.82, 2.24) is 29.9 Å². The second-order valence-electron chi connectivity index (χ2n) is 7.46. The number of rotatable bonds is 6. The van der Waals surface area contributed by atoms with Gasteiger partial charge >= 0.3 is 6.03 Å². The fourth-order valence-electron chi connectivity index (χ4n) is 3.34. The molecule has 1 fully saturated rings. The molecule has 1 N–H and O–H groups in total. The Morgan fingerprint density at radius 2 is 1.86 bits per heavy atom. The van der Waals surface area contributed by atoms with Crippen LogP contribution in [0.3, 0.4) is 0 Å². The summed E-state index contributed by atoms with van der Waals surface area (Å²) in [5.41, 5.74) is 1.21. The van der Waals surface area contributed by atoms with Gasteiger partial charge in [0.1, 0.15) is 6.33 Å². The second-order valence-corrected chi connectivity index (χ2v) is 7.46. The number of aromatic nitrogens is 3. The number of benzene rings is 1. The highest BCUT2D eigenvalue weighted by Gasteiger charge is 2.23. The molecule has 2 heterocycles. The predicted octanol–water partition coefficient (Wildman–Crippen LogP) is 2.96. The lowest BCUT2D eigenvalue weighted by Crippen LogP contribution is -2.52. The molecule has 1 saturated heterocycles. The minimum absolute atomic E-state index is 0.0368. The summed E-state index contributed by atoms with van der Waals surface area (Å²) >= 11 is 0. The first kappa shape index (κ1) is 20.1. The van der Waals surface area contributed by atoms with Gasteiger partial charge in [-0.1, -0.05) is 42.5 Å². The van der Waals surface area contributed by atoms with E-state index in [0.717, 1.165) is 38.5 Å². The standard InChI is InChI=1S/C21H30N6O/c1-17(2)27-16-22-24-20(27)18(3)23-21(28)26-14-12-25(13-15-26)11-7-10-19-8-5-4-6-9-19/h4-10,16-18H,11-15H2,1-3H3,(H,23,28)/b10-7+. The molecule has 7 nitrogen and oxygen atoms in total. The van der Waals surface area contributed by atoms with Crippen molar-refractivity contribution in [3.05, 3.63) is 54.1 Å². The molecule has 3 rings (SSSR count). The van der Waals surface area contributed by atoms with E-state index in [9.17, 15) is 4.79 Å². The van der Waals surface area contributed by atoms with Crippen molar-refractivity contribution in [3.63, 3.8) is 0 Å². The summed E-state index contributed by atoms with van der Waals surface area (Å²) in [7, 11) is 0. The number of hydrogen-bond acceptors (Lipinski definition) is 4. The molecular formula is C21H30N6O. The molecule has 150 valence electrons. The summed E-state index contributed by atoms with van der Waals surface area (Å²) in [6.45, 7) is 10.2. The fourth-order valence-corrected chi connectivity index (χ4v) is 3.34. The highest BCUT2D eigenvalue weighted by Crippen LogP contribution is 2.15. The van der Waals surface area contributed by atoms with Gasteiger partial charge in [-0.15, -0.1) is 10.2 Å². The Morgan fingerprint density at radius 3 is 2.54 bits per heavy atom. The van der Waals surface area contributed by atoms with Crippen LogP contribution in [0.4, 0.5) is 4.79 Å². The lowest BCUT2D eigenvalue weighted by Gasteiger charge is -2.34. The quantitative estimate of drug-likeness (QED) is 0.834. The molecule has 1 aliphatic rings. The largest absolute Gasteiger partial charge is 0.328 e. The van der Waals surface area contributed by atoms with Crippen LogP contribution in [-0.2, 0) is 0 Å². The number of amides is 2. The van der Waals surface area contributed by atoms with Crippen LogP contribution in [0.5, 0.6) is 0 Å². The van der Waals surface area contributed by atoms with E-state index in [0.29, 0.717) is 0 Å². The lowest BCUT2D eigenvalue weighted by molar-refractivity contribution is 0.144. The number of urea groups is 1. The number of carbonyl (C=O) groups is 1. The SMILES string of the molecule is CC(NC(=O)N1CCN(C/C=C/c2ccccc2)CC1)c1nncn1C(C)C. The summed E-state index contributed by atoms with van der Waals surface area (Å²) in [6, 6.07) is 10.4. The number of piperazine rings is 1. The molecule has 1 atom stereocenters. The molecule has 1 unspecified atom stereocenters. The normalized spacial score (nSPS) is 16.6. The van der Waals surface area contributed by atoms with Crippen molar-refractivity contribution in [2.45, 2.75) is 32.9 Å². The van der Waals surface area contributed by atoms with E-state index < -0.39 is 0 Å². The van der Waals surface area contributed by atoms with Gasteiger partial charge in [-0.3, -0.25) is 4.90 Å². The smallest absolute Gasteiger partial charge is 0.318 e. The maximum Gasteiger partial charge on any atom is 0.318 e. The topological polar surface area (TPSA) is 66.3 Å². The van der Waals surface area contributed by atoms with E-state index in [1.165, 1.54) is 5.56 Å². The minimum atomic E-state index is -0.177. The second kappa shape index (κ2) is 9.50. The van der Waals surface area contributed by atoms with Crippen molar-refractivity contribution in [2.75, 3.05) is 32.7 Å². The van der Waals surface area contributed by atoms with E-state index in [4.69, 9.17) is 0 Å². The first-order chi connectivity index (χ1) is 13.5. The maximum atomic E-state index is 12.6. The van der Waals surface area contributed by atoms with E-state index in [1.54, 1.807) is 6.33 Å². The van der Waals surface area contributed by atoms with Crippen LogP contribution >= 0.6 is 0 Å². The Morgan fingerprint density at radius 1 is 1.14 bits per heavy atom. The summed E-state index contributed by atoms with van der Waals surface area (Å²) in [6.07, 6.45) is 6.04. The van der Waals surface area contributed by atoms with Crippen LogP contribution in [0.1, 0.15) is 44.2 Å². The van der Waals surface area contributed by atoms with Crippen LogP contribution in [0.2, 0.25) is 0 Å².